The van der Waals surface area contributed by atoms with Gasteiger partial charge in [0.2, 0.25) is 0 Å². The van der Waals surface area contributed by atoms with Crippen LogP contribution >= 0.6 is 23.2 Å². The van der Waals surface area contributed by atoms with Gasteiger partial charge in [-0.05, 0) is 29.8 Å². The minimum atomic E-state index is -4.70. The summed E-state index contributed by atoms with van der Waals surface area (Å²) >= 11 is 11.7. The Labute approximate surface area is 205 Å². The molecule has 6 nitrogen and oxygen atoms in total. The third-order valence-electron chi connectivity index (χ3n) is 4.28. The summed E-state index contributed by atoms with van der Waals surface area (Å²) in [6.45, 7) is 0.652. The molecule has 0 saturated heterocycles. The number of carbonyl (C=O) groups is 1. The molecule has 3 aromatic rings. The zero-order valence-corrected chi connectivity index (χ0v) is 20.4. The average molecular weight is 564 g/mol. The van der Waals surface area contributed by atoms with Crippen molar-refractivity contribution >= 4 is 39.3 Å². The quantitative estimate of drug-likeness (QED) is 0.323. The van der Waals surface area contributed by atoms with Crippen molar-refractivity contribution in [1.82, 2.24) is 5.32 Å². The van der Waals surface area contributed by atoms with Gasteiger partial charge in [0, 0.05) is 30.3 Å². The smallest absolute Gasteiger partial charge is 0.332 e. The molecule has 32 heavy (non-hydrogen) atoms. The normalized spacial score (nSPS) is 10.8. The predicted octanol–water partition coefficient (Wildman–Crippen LogP) is 0.687. The third-order valence-corrected chi connectivity index (χ3v) is 5.86. The first kappa shape index (κ1) is 26.1. The summed E-state index contributed by atoms with van der Waals surface area (Å²) in [6, 6.07) is 14.0. The fraction of sp³-hybridized carbons (Fsp3) is 0.143. The van der Waals surface area contributed by atoms with Crippen molar-refractivity contribution in [3.63, 3.8) is 0 Å². The molecule has 11 heteroatoms. The zero-order chi connectivity index (χ0) is 22.4. The van der Waals surface area contributed by atoms with Crippen LogP contribution in [0.3, 0.4) is 0 Å². The largest absolute Gasteiger partial charge is 1.00 e. The van der Waals surface area contributed by atoms with Crippen molar-refractivity contribution in [2.45, 2.75) is 18.0 Å². The number of hydrogen-bond acceptors (Lipinski definition) is 4. The fourth-order valence-corrected chi connectivity index (χ4v) is 3.40. The second kappa shape index (κ2) is 11.6. The van der Waals surface area contributed by atoms with E-state index in [0.29, 0.717) is 28.9 Å². The van der Waals surface area contributed by atoms with Crippen molar-refractivity contribution in [2.75, 3.05) is 6.61 Å². The summed E-state index contributed by atoms with van der Waals surface area (Å²) < 4.78 is 41.9. The van der Waals surface area contributed by atoms with Crippen LogP contribution in [0.4, 0.5) is 3.89 Å². The Kier molecular flexibility index (Phi) is 9.45. The maximum atomic E-state index is 12.9. The lowest BCUT2D eigenvalue weighted by atomic mass is 10.2. The maximum absolute atomic E-state index is 12.9. The Hall–Kier alpha value is -2.20. The topological polar surface area (TPSA) is 76.3 Å². The summed E-state index contributed by atoms with van der Waals surface area (Å²) in [5.41, 5.74) is 1.70. The molecule has 0 aliphatic rings. The monoisotopic (exact) mass is 562 g/mol. The first-order chi connectivity index (χ1) is 14.7. The summed E-state index contributed by atoms with van der Waals surface area (Å²) in [4.78, 5) is 11.6. The van der Waals surface area contributed by atoms with Gasteiger partial charge in [-0.25, -0.2) is 4.57 Å². The van der Waals surface area contributed by atoms with Gasteiger partial charge < -0.3 is 27.0 Å². The Balaban J connectivity index is 0.00000363. The highest BCUT2D eigenvalue weighted by atomic mass is 79.9. The number of hydrogen-bond donors (Lipinski definition) is 1. The minimum absolute atomic E-state index is 0. The summed E-state index contributed by atoms with van der Waals surface area (Å²) in [7, 11) is -4.70. The number of carbonyl (C=O) groups excluding carboxylic acids is 1. The molecular formula is C21H18BrCl2FN2O4S. The number of amides is 1. The molecule has 1 heterocycles. The lowest BCUT2D eigenvalue weighted by Gasteiger charge is -2.08. The number of aromatic nitrogens is 1. The van der Waals surface area contributed by atoms with E-state index in [1.807, 2.05) is 29.1 Å². The molecule has 0 fully saturated rings. The number of rotatable bonds is 8. The molecule has 0 aliphatic carbocycles. The maximum Gasteiger partial charge on any atom is 0.332 e. The van der Waals surface area contributed by atoms with Crippen LogP contribution in [0.15, 0.2) is 71.9 Å². The Bertz CT molecular complexity index is 1180. The van der Waals surface area contributed by atoms with Gasteiger partial charge in [-0.1, -0.05) is 35.3 Å². The highest BCUT2D eigenvalue weighted by Crippen LogP contribution is 2.26. The van der Waals surface area contributed by atoms with E-state index in [1.165, 1.54) is 18.2 Å². The molecule has 0 radical (unpaired) electrons. The summed E-state index contributed by atoms with van der Waals surface area (Å²) in [6.07, 6.45) is 3.65. The van der Waals surface area contributed by atoms with Crippen molar-refractivity contribution in [3.05, 3.63) is 88.2 Å². The van der Waals surface area contributed by atoms with Gasteiger partial charge in [0.25, 0.3) is 5.91 Å². The van der Waals surface area contributed by atoms with E-state index in [0.717, 1.165) is 11.1 Å². The van der Waals surface area contributed by atoms with Crippen molar-refractivity contribution in [1.29, 1.82) is 0 Å². The van der Waals surface area contributed by atoms with Crippen LogP contribution in [-0.4, -0.2) is 20.9 Å². The SMILES string of the molecule is O=C(COc1ccc(Cl)c(Cl)c1)NCc1cc[n+](Cc2ccc(S(=O)(=O)F)cc2)cc1.[Br-]. The van der Waals surface area contributed by atoms with Gasteiger partial charge >= 0.3 is 10.2 Å². The van der Waals surface area contributed by atoms with Gasteiger partial charge in [0.15, 0.2) is 25.5 Å². The Morgan fingerprint density at radius 3 is 2.22 bits per heavy atom. The second-order valence-corrected chi connectivity index (χ2v) is 8.76. The number of halogens is 4. The summed E-state index contributed by atoms with van der Waals surface area (Å²) in [5, 5.41) is 3.51. The third kappa shape index (κ3) is 7.74. The molecule has 0 atom stereocenters. The van der Waals surface area contributed by atoms with Crippen molar-refractivity contribution in [2.24, 2.45) is 0 Å². The highest BCUT2D eigenvalue weighted by Gasteiger charge is 2.12. The molecule has 0 bridgehead atoms. The van der Waals surface area contributed by atoms with Crippen LogP contribution in [0.1, 0.15) is 11.1 Å². The number of ether oxygens (including phenoxy) is 1. The first-order valence-corrected chi connectivity index (χ1v) is 11.2. The second-order valence-electron chi connectivity index (χ2n) is 6.60. The fourth-order valence-electron chi connectivity index (χ4n) is 2.65. The highest BCUT2D eigenvalue weighted by molar-refractivity contribution is 7.86. The molecule has 170 valence electrons. The average Bonchev–Trinajstić information content (AvgIpc) is 2.74. The Morgan fingerprint density at radius 1 is 0.969 bits per heavy atom. The molecule has 1 aromatic heterocycles. The van der Waals surface area contributed by atoms with Gasteiger partial charge in [0.05, 0.1) is 14.9 Å². The van der Waals surface area contributed by atoms with Crippen LogP contribution < -0.4 is 31.6 Å². The van der Waals surface area contributed by atoms with E-state index in [2.05, 4.69) is 5.32 Å². The molecular weight excluding hydrogens is 546 g/mol. The number of nitrogens with one attached hydrogen (secondary N) is 1. The standard InChI is InChI=1S/C21H17Cl2FN2O4S.BrH/c22-19-6-3-17(11-20(19)23)30-14-21(27)25-12-15-7-9-26(10-8-15)13-16-1-4-18(5-2-16)31(24,28)29;/h1-11H,12-14H2;1H. The molecule has 0 unspecified atom stereocenters. The number of pyridine rings is 1. The van der Waals surface area contributed by atoms with E-state index >= 15 is 0 Å². The van der Waals surface area contributed by atoms with Crippen LogP contribution in [0.5, 0.6) is 5.75 Å². The van der Waals surface area contributed by atoms with Crippen LogP contribution in [0.25, 0.3) is 0 Å². The van der Waals surface area contributed by atoms with Crippen LogP contribution in [0, 0.1) is 0 Å². The van der Waals surface area contributed by atoms with E-state index in [1.54, 1.807) is 24.3 Å². The molecule has 1 amide bonds. The minimum Gasteiger partial charge on any atom is -1.00 e. The molecule has 0 spiro atoms. The Morgan fingerprint density at radius 2 is 1.62 bits per heavy atom. The van der Waals surface area contributed by atoms with E-state index in [4.69, 9.17) is 27.9 Å². The van der Waals surface area contributed by atoms with Gasteiger partial charge in [-0.3, -0.25) is 4.79 Å². The van der Waals surface area contributed by atoms with Crippen molar-refractivity contribution < 1.29 is 43.4 Å². The van der Waals surface area contributed by atoms with Crippen LogP contribution in [-0.2, 0) is 28.1 Å². The van der Waals surface area contributed by atoms with Gasteiger partial charge in [0.1, 0.15) is 5.75 Å². The zero-order valence-electron chi connectivity index (χ0n) is 16.5. The van der Waals surface area contributed by atoms with Crippen molar-refractivity contribution in [3.8, 4) is 5.75 Å². The lowest BCUT2D eigenvalue weighted by molar-refractivity contribution is -0.688. The molecule has 3 rings (SSSR count). The molecule has 0 saturated carbocycles. The van der Waals surface area contributed by atoms with E-state index in [-0.39, 0.29) is 34.4 Å². The summed E-state index contributed by atoms with van der Waals surface area (Å²) in [5.74, 6) is 0.160. The molecule has 0 aliphatic heterocycles. The van der Waals surface area contributed by atoms with Gasteiger partial charge in [-0.15, -0.1) is 3.89 Å². The predicted molar refractivity (Wildman–Crippen MR) is 114 cm³/mol. The van der Waals surface area contributed by atoms with E-state index in [9.17, 15) is 17.1 Å². The van der Waals surface area contributed by atoms with Crippen LogP contribution in [0.2, 0.25) is 10.0 Å². The lowest BCUT2D eigenvalue weighted by Crippen LogP contribution is -3.00. The first-order valence-electron chi connectivity index (χ1n) is 9.07. The van der Waals surface area contributed by atoms with Gasteiger partial charge in [-0.2, -0.15) is 8.42 Å². The molecule has 2 aromatic carbocycles. The molecule has 1 N–H and O–H groups in total. The van der Waals surface area contributed by atoms with E-state index < -0.39 is 10.2 Å². The number of nitrogens with zero attached hydrogens (tertiary/aromatic N) is 1. The number of benzene rings is 2.